The van der Waals surface area contributed by atoms with E-state index in [1.807, 2.05) is 0 Å². The summed E-state index contributed by atoms with van der Waals surface area (Å²) in [4.78, 5) is 12.0. The van der Waals surface area contributed by atoms with Crippen LogP contribution in [0, 0.1) is 5.92 Å². The van der Waals surface area contributed by atoms with Crippen molar-refractivity contribution in [2.75, 3.05) is 19.5 Å². The summed E-state index contributed by atoms with van der Waals surface area (Å²) in [6.45, 7) is 0. The van der Waals surface area contributed by atoms with Crippen LogP contribution in [0.2, 0.25) is 0 Å². The van der Waals surface area contributed by atoms with Crippen molar-refractivity contribution in [3.8, 4) is 11.5 Å². The Kier molecular flexibility index (Phi) is 4.44. The molecular weight excluding hydrogens is 242 g/mol. The maximum atomic E-state index is 12.0. The summed E-state index contributed by atoms with van der Waals surface area (Å²) < 4.78 is 10.4. The predicted molar refractivity (Wildman–Crippen MR) is 74.7 cm³/mol. The summed E-state index contributed by atoms with van der Waals surface area (Å²) >= 11 is 0. The van der Waals surface area contributed by atoms with E-state index < -0.39 is 0 Å². The van der Waals surface area contributed by atoms with E-state index in [0.29, 0.717) is 29.5 Å². The molecule has 0 saturated heterocycles. The molecule has 1 aliphatic rings. The van der Waals surface area contributed by atoms with Crippen molar-refractivity contribution in [1.82, 2.24) is 0 Å². The molecule has 1 aromatic carbocycles. The van der Waals surface area contributed by atoms with Gasteiger partial charge in [-0.1, -0.05) is 12.2 Å². The van der Waals surface area contributed by atoms with Gasteiger partial charge in [-0.05, 0) is 30.9 Å². The highest BCUT2D eigenvalue weighted by Crippen LogP contribution is 2.29. The van der Waals surface area contributed by atoms with Crippen LogP contribution in [0.4, 0.5) is 5.69 Å². The van der Waals surface area contributed by atoms with E-state index in [2.05, 4.69) is 17.5 Å². The average Bonchev–Trinajstić information content (AvgIpc) is 2.91. The lowest BCUT2D eigenvalue weighted by atomic mass is 10.1. The molecule has 1 unspecified atom stereocenters. The van der Waals surface area contributed by atoms with Gasteiger partial charge in [-0.2, -0.15) is 0 Å². The summed E-state index contributed by atoms with van der Waals surface area (Å²) in [6.07, 6.45) is 6.90. The summed E-state index contributed by atoms with van der Waals surface area (Å²) in [5.41, 5.74) is 0.676. The minimum atomic E-state index is 0.0139. The first-order valence-electron chi connectivity index (χ1n) is 6.41. The lowest BCUT2D eigenvalue weighted by Crippen LogP contribution is -2.15. The zero-order valence-corrected chi connectivity index (χ0v) is 11.3. The number of methoxy groups -OCH3 is 2. The van der Waals surface area contributed by atoms with Gasteiger partial charge in [0.05, 0.1) is 19.9 Å². The van der Waals surface area contributed by atoms with Crippen molar-refractivity contribution in [1.29, 1.82) is 0 Å². The quantitative estimate of drug-likeness (QED) is 0.829. The summed E-state index contributed by atoms with van der Waals surface area (Å²) in [6, 6.07) is 5.35. The fraction of sp³-hybridized carbons (Fsp3) is 0.400. The number of ether oxygens (including phenoxy) is 2. The van der Waals surface area contributed by atoms with Gasteiger partial charge in [0.2, 0.25) is 5.91 Å². The summed E-state index contributed by atoms with van der Waals surface area (Å²) in [7, 11) is 3.17. The second-order valence-corrected chi connectivity index (χ2v) is 4.58. The second kappa shape index (κ2) is 6.27. The Morgan fingerprint density at radius 1 is 1.37 bits per heavy atom. The van der Waals surface area contributed by atoms with Gasteiger partial charge >= 0.3 is 0 Å². The van der Waals surface area contributed by atoms with E-state index >= 15 is 0 Å². The van der Waals surface area contributed by atoms with Crippen LogP contribution in [-0.4, -0.2) is 20.1 Å². The maximum absolute atomic E-state index is 12.0. The van der Waals surface area contributed by atoms with Crippen molar-refractivity contribution in [3.05, 3.63) is 30.4 Å². The van der Waals surface area contributed by atoms with Crippen molar-refractivity contribution >= 4 is 11.6 Å². The van der Waals surface area contributed by atoms with Crippen LogP contribution < -0.4 is 14.8 Å². The molecule has 2 rings (SSSR count). The lowest BCUT2D eigenvalue weighted by Gasteiger charge is -2.13. The Labute approximate surface area is 113 Å². The third-order valence-corrected chi connectivity index (χ3v) is 3.24. The molecule has 0 radical (unpaired) electrons. The number of benzene rings is 1. The minimum absolute atomic E-state index is 0.0139. The van der Waals surface area contributed by atoms with Gasteiger partial charge in [0.15, 0.2) is 0 Å². The van der Waals surface area contributed by atoms with Crippen molar-refractivity contribution < 1.29 is 14.3 Å². The highest BCUT2D eigenvalue weighted by molar-refractivity contribution is 5.92. The predicted octanol–water partition coefficient (Wildman–Crippen LogP) is 3.00. The Hall–Kier alpha value is -1.97. The number of amides is 1. The Bertz CT molecular complexity index is 482. The zero-order chi connectivity index (χ0) is 13.7. The number of carbonyl (C=O) groups excluding carboxylic acids is 1. The van der Waals surface area contributed by atoms with Gasteiger partial charge in [-0.15, -0.1) is 0 Å². The number of anilines is 1. The van der Waals surface area contributed by atoms with Crippen LogP contribution in [-0.2, 0) is 4.79 Å². The monoisotopic (exact) mass is 261 g/mol. The molecule has 0 heterocycles. The van der Waals surface area contributed by atoms with E-state index in [1.54, 1.807) is 32.4 Å². The molecule has 0 spiro atoms. The molecule has 0 aliphatic heterocycles. The molecule has 0 bridgehead atoms. The van der Waals surface area contributed by atoms with Crippen LogP contribution in [0.1, 0.15) is 19.3 Å². The van der Waals surface area contributed by atoms with Crippen molar-refractivity contribution in [2.24, 2.45) is 5.92 Å². The van der Waals surface area contributed by atoms with Crippen LogP contribution in [0.5, 0.6) is 11.5 Å². The third kappa shape index (κ3) is 3.50. The Balaban J connectivity index is 2.01. The molecule has 102 valence electrons. The van der Waals surface area contributed by atoms with Gasteiger partial charge in [0.1, 0.15) is 11.5 Å². The molecule has 1 amide bonds. The van der Waals surface area contributed by atoms with E-state index in [1.165, 1.54) is 0 Å². The number of hydrogen-bond acceptors (Lipinski definition) is 3. The molecule has 4 nitrogen and oxygen atoms in total. The highest BCUT2D eigenvalue weighted by Gasteiger charge is 2.15. The number of carbonyl (C=O) groups is 1. The first-order valence-corrected chi connectivity index (χ1v) is 6.41. The number of nitrogens with one attached hydrogen (secondary N) is 1. The minimum Gasteiger partial charge on any atom is -0.497 e. The zero-order valence-electron chi connectivity index (χ0n) is 11.3. The van der Waals surface area contributed by atoms with Crippen LogP contribution in [0.15, 0.2) is 30.4 Å². The van der Waals surface area contributed by atoms with Crippen molar-refractivity contribution in [2.45, 2.75) is 19.3 Å². The van der Waals surface area contributed by atoms with Gasteiger partial charge in [-0.3, -0.25) is 4.79 Å². The van der Waals surface area contributed by atoms with Gasteiger partial charge < -0.3 is 14.8 Å². The fourth-order valence-electron chi connectivity index (χ4n) is 2.21. The lowest BCUT2D eigenvalue weighted by molar-refractivity contribution is -0.116. The van der Waals surface area contributed by atoms with E-state index in [0.717, 1.165) is 12.8 Å². The Morgan fingerprint density at radius 3 is 2.84 bits per heavy atom. The van der Waals surface area contributed by atoms with Gasteiger partial charge in [0.25, 0.3) is 0 Å². The number of allylic oxidation sites excluding steroid dienone is 2. The van der Waals surface area contributed by atoms with Gasteiger partial charge in [-0.25, -0.2) is 0 Å². The molecule has 4 heteroatoms. The van der Waals surface area contributed by atoms with E-state index in [9.17, 15) is 4.79 Å². The van der Waals surface area contributed by atoms with Crippen LogP contribution in [0.3, 0.4) is 0 Å². The molecule has 0 saturated carbocycles. The second-order valence-electron chi connectivity index (χ2n) is 4.58. The van der Waals surface area contributed by atoms with Crippen LogP contribution >= 0.6 is 0 Å². The molecule has 1 atom stereocenters. The average molecular weight is 261 g/mol. The standard InChI is InChI=1S/C15H19NO3/c1-18-12-7-8-13(14(10-12)19-2)16-15(17)9-11-5-3-4-6-11/h3,5,7-8,10-11H,4,6,9H2,1-2H3,(H,16,17). The van der Waals surface area contributed by atoms with Crippen molar-refractivity contribution in [3.63, 3.8) is 0 Å². The first-order chi connectivity index (χ1) is 9.22. The topological polar surface area (TPSA) is 47.6 Å². The summed E-state index contributed by atoms with van der Waals surface area (Å²) in [5.74, 6) is 1.69. The fourth-order valence-corrected chi connectivity index (χ4v) is 2.21. The van der Waals surface area contributed by atoms with E-state index in [-0.39, 0.29) is 5.91 Å². The molecule has 19 heavy (non-hydrogen) atoms. The largest absolute Gasteiger partial charge is 0.497 e. The molecular formula is C15H19NO3. The number of rotatable bonds is 5. The third-order valence-electron chi connectivity index (χ3n) is 3.24. The van der Waals surface area contributed by atoms with E-state index in [4.69, 9.17) is 9.47 Å². The molecule has 1 aromatic rings. The first kappa shape index (κ1) is 13.5. The molecule has 1 N–H and O–H groups in total. The normalized spacial score (nSPS) is 17.3. The smallest absolute Gasteiger partial charge is 0.225 e. The number of hydrogen-bond donors (Lipinski definition) is 1. The van der Waals surface area contributed by atoms with Gasteiger partial charge in [0, 0.05) is 12.5 Å². The molecule has 0 aromatic heterocycles. The Morgan fingerprint density at radius 2 is 2.21 bits per heavy atom. The SMILES string of the molecule is COc1ccc(NC(=O)CC2C=CCC2)c(OC)c1. The molecule has 0 fully saturated rings. The van der Waals surface area contributed by atoms with Crippen LogP contribution in [0.25, 0.3) is 0 Å². The maximum Gasteiger partial charge on any atom is 0.225 e. The summed E-state index contributed by atoms with van der Waals surface area (Å²) in [5, 5.41) is 2.89. The molecule has 1 aliphatic carbocycles. The highest BCUT2D eigenvalue weighted by atomic mass is 16.5.